The highest BCUT2D eigenvalue weighted by Crippen LogP contribution is 2.25. The maximum absolute atomic E-state index is 12.0. The van der Waals surface area contributed by atoms with Crippen molar-refractivity contribution in [3.05, 3.63) is 0 Å². The van der Waals surface area contributed by atoms with Gasteiger partial charge >= 0.3 is 5.97 Å². The molecule has 0 radical (unpaired) electrons. The summed E-state index contributed by atoms with van der Waals surface area (Å²) in [6, 6.07) is -0.724. The lowest BCUT2D eigenvalue weighted by Crippen LogP contribution is -2.46. The van der Waals surface area contributed by atoms with Crippen LogP contribution in [0.2, 0.25) is 0 Å². The molecule has 3 atom stereocenters. The normalized spacial score (nSPS) is 25.9. The molecule has 0 bridgehead atoms. The zero-order valence-electron chi connectivity index (χ0n) is 10.6. The molecule has 98 valence electrons. The second-order valence-corrected chi connectivity index (χ2v) is 4.75. The van der Waals surface area contributed by atoms with Crippen LogP contribution < -0.4 is 5.73 Å². The molecular weight excluding hydrogens is 220 g/mol. The molecule has 0 spiro atoms. The van der Waals surface area contributed by atoms with Crippen molar-refractivity contribution < 1.29 is 14.7 Å². The number of carbonyl (C=O) groups is 2. The third kappa shape index (κ3) is 3.19. The van der Waals surface area contributed by atoms with E-state index in [2.05, 4.69) is 6.92 Å². The number of likely N-dealkylation sites (tertiary alicyclic amines) is 1. The number of carbonyl (C=O) groups excluding carboxylic acids is 1. The number of rotatable bonds is 5. The lowest BCUT2D eigenvalue weighted by molar-refractivity contribution is -0.143. The quantitative estimate of drug-likeness (QED) is 0.747. The van der Waals surface area contributed by atoms with Crippen molar-refractivity contribution in [2.45, 2.75) is 51.6 Å². The van der Waals surface area contributed by atoms with E-state index in [1.807, 2.05) is 0 Å². The Morgan fingerprint density at radius 2 is 2.18 bits per heavy atom. The predicted octanol–water partition coefficient (Wildman–Crippen LogP) is 0.825. The molecule has 3 unspecified atom stereocenters. The summed E-state index contributed by atoms with van der Waals surface area (Å²) in [5.41, 5.74) is 5.83. The average molecular weight is 242 g/mol. The van der Waals surface area contributed by atoms with Crippen LogP contribution in [0.4, 0.5) is 0 Å². The molecule has 0 aromatic rings. The summed E-state index contributed by atoms with van der Waals surface area (Å²) >= 11 is 0. The van der Waals surface area contributed by atoms with Crippen molar-refractivity contribution >= 4 is 11.9 Å². The van der Waals surface area contributed by atoms with E-state index in [9.17, 15) is 9.59 Å². The fraction of sp³-hybridized carbons (Fsp3) is 0.833. The van der Waals surface area contributed by atoms with Crippen LogP contribution in [-0.2, 0) is 9.59 Å². The van der Waals surface area contributed by atoms with E-state index >= 15 is 0 Å². The van der Waals surface area contributed by atoms with Crippen LogP contribution in [0, 0.1) is 5.92 Å². The third-order valence-corrected chi connectivity index (χ3v) is 3.54. The first-order valence-electron chi connectivity index (χ1n) is 6.27. The predicted molar refractivity (Wildman–Crippen MR) is 64.4 cm³/mol. The van der Waals surface area contributed by atoms with E-state index in [1.54, 1.807) is 11.8 Å². The van der Waals surface area contributed by atoms with Crippen LogP contribution in [0.5, 0.6) is 0 Å². The Hall–Kier alpha value is -1.10. The summed E-state index contributed by atoms with van der Waals surface area (Å²) in [7, 11) is 0. The van der Waals surface area contributed by atoms with Gasteiger partial charge in [0.2, 0.25) is 5.91 Å². The highest BCUT2D eigenvalue weighted by molar-refractivity contribution is 5.83. The molecule has 1 heterocycles. The molecule has 1 aliphatic heterocycles. The number of carboxylic acids is 1. The van der Waals surface area contributed by atoms with Gasteiger partial charge in [0.15, 0.2) is 0 Å². The maximum Gasteiger partial charge on any atom is 0.308 e. The van der Waals surface area contributed by atoms with Crippen molar-refractivity contribution in [3.8, 4) is 0 Å². The standard InChI is InChI=1S/C12H22N2O3/c1-3-4-5-10(13)11(15)14-7-6-9(8(14)2)12(16)17/h8-10H,3-7,13H2,1-2H3,(H,16,17). The van der Waals surface area contributed by atoms with E-state index in [1.165, 1.54) is 0 Å². The van der Waals surface area contributed by atoms with E-state index in [0.717, 1.165) is 12.8 Å². The Kier molecular flexibility index (Phi) is 4.93. The monoisotopic (exact) mass is 242 g/mol. The highest BCUT2D eigenvalue weighted by Gasteiger charge is 2.39. The van der Waals surface area contributed by atoms with E-state index in [-0.39, 0.29) is 11.9 Å². The van der Waals surface area contributed by atoms with Crippen molar-refractivity contribution in [3.63, 3.8) is 0 Å². The van der Waals surface area contributed by atoms with Crippen LogP contribution in [-0.4, -0.2) is 40.5 Å². The van der Waals surface area contributed by atoms with Crippen LogP contribution in [0.25, 0.3) is 0 Å². The molecule has 0 saturated carbocycles. The molecule has 1 fully saturated rings. The van der Waals surface area contributed by atoms with Gasteiger partial charge in [-0.1, -0.05) is 19.8 Å². The Morgan fingerprint density at radius 1 is 1.53 bits per heavy atom. The first-order chi connectivity index (χ1) is 7.99. The zero-order chi connectivity index (χ0) is 13.0. The van der Waals surface area contributed by atoms with Crippen molar-refractivity contribution in [1.82, 2.24) is 4.90 Å². The first-order valence-corrected chi connectivity index (χ1v) is 6.27. The van der Waals surface area contributed by atoms with Gasteiger partial charge in [-0.2, -0.15) is 0 Å². The minimum atomic E-state index is -0.824. The number of unbranched alkanes of at least 4 members (excludes halogenated alkanes) is 1. The van der Waals surface area contributed by atoms with E-state index in [4.69, 9.17) is 10.8 Å². The van der Waals surface area contributed by atoms with Gasteiger partial charge in [-0.3, -0.25) is 9.59 Å². The van der Waals surface area contributed by atoms with Crippen LogP contribution in [0.15, 0.2) is 0 Å². The van der Waals surface area contributed by atoms with Crippen molar-refractivity contribution in [2.75, 3.05) is 6.54 Å². The number of nitrogens with two attached hydrogens (primary N) is 1. The summed E-state index contributed by atoms with van der Waals surface area (Å²) in [6.07, 6.45) is 3.14. The molecule has 5 nitrogen and oxygen atoms in total. The van der Waals surface area contributed by atoms with Crippen LogP contribution >= 0.6 is 0 Å². The Morgan fingerprint density at radius 3 is 2.65 bits per heavy atom. The number of hydrogen-bond acceptors (Lipinski definition) is 3. The molecule has 0 aromatic carbocycles. The summed E-state index contributed by atoms with van der Waals surface area (Å²) < 4.78 is 0. The smallest absolute Gasteiger partial charge is 0.308 e. The van der Waals surface area contributed by atoms with Gasteiger partial charge in [0.25, 0.3) is 0 Å². The van der Waals surface area contributed by atoms with Crippen LogP contribution in [0.3, 0.4) is 0 Å². The number of carboxylic acid groups (broad SMARTS) is 1. The number of nitrogens with zero attached hydrogens (tertiary/aromatic N) is 1. The van der Waals surface area contributed by atoms with Gasteiger partial charge in [0.1, 0.15) is 0 Å². The Bertz CT molecular complexity index is 293. The Balaban J connectivity index is 2.56. The maximum atomic E-state index is 12.0. The minimum absolute atomic E-state index is 0.102. The van der Waals surface area contributed by atoms with Gasteiger partial charge in [-0.25, -0.2) is 0 Å². The second-order valence-electron chi connectivity index (χ2n) is 4.75. The summed E-state index contributed by atoms with van der Waals surface area (Å²) in [6.45, 7) is 4.35. The highest BCUT2D eigenvalue weighted by atomic mass is 16.4. The molecule has 0 aromatic heterocycles. The van der Waals surface area contributed by atoms with E-state index in [0.29, 0.717) is 19.4 Å². The first kappa shape index (κ1) is 14.0. The summed E-state index contributed by atoms with van der Waals surface area (Å²) in [5, 5.41) is 8.99. The molecule has 1 amide bonds. The van der Waals surface area contributed by atoms with Gasteiger partial charge in [-0.05, 0) is 19.8 Å². The molecule has 1 aliphatic rings. The third-order valence-electron chi connectivity index (χ3n) is 3.54. The minimum Gasteiger partial charge on any atom is -0.481 e. The molecule has 1 saturated heterocycles. The largest absolute Gasteiger partial charge is 0.481 e. The fourth-order valence-corrected chi connectivity index (χ4v) is 2.34. The number of hydrogen-bond donors (Lipinski definition) is 2. The van der Waals surface area contributed by atoms with E-state index < -0.39 is 17.9 Å². The zero-order valence-corrected chi connectivity index (χ0v) is 10.6. The topological polar surface area (TPSA) is 83.6 Å². The van der Waals surface area contributed by atoms with Gasteiger partial charge in [-0.15, -0.1) is 0 Å². The van der Waals surface area contributed by atoms with Crippen molar-refractivity contribution in [1.29, 1.82) is 0 Å². The molecule has 0 aliphatic carbocycles. The van der Waals surface area contributed by atoms with Gasteiger partial charge < -0.3 is 15.7 Å². The molecule has 3 N–H and O–H groups in total. The summed E-state index contributed by atoms with van der Waals surface area (Å²) in [5.74, 6) is -1.37. The molecular formula is C12H22N2O3. The van der Waals surface area contributed by atoms with Crippen LogP contribution in [0.1, 0.15) is 39.5 Å². The van der Waals surface area contributed by atoms with Crippen molar-refractivity contribution in [2.24, 2.45) is 11.7 Å². The van der Waals surface area contributed by atoms with Gasteiger partial charge in [0.05, 0.1) is 12.0 Å². The lowest BCUT2D eigenvalue weighted by Gasteiger charge is -2.26. The molecule has 17 heavy (non-hydrogen) atoms. The number of aliphatic carboxylic acids is 1. The SMILES string of the molecule is CCCCC(N)C(=O)N1CCC(C(=O)O)C1C. The second kappa shape index (κ2) is 6.00. The van der Waals surface area contributed by atoms with Gasteiger partial charge in [0, 0.05) is 12.6 Å². The Labute approximate surface area is 102 Å². The molecule has 1 rings (SSSR count). The lowest BCUT2D eigenvalue weighted by atomic mass is 10.0. The fourth-order valence-electron chi connectivity index (χ4n) is 2.34. The average Bonchev–Trinajstić information content (AvgIpc) is 2.67. The summed E-state index contributed by atoms with van der Waals surface area (Å²) in [4.78, 5) is 24.6. The molecule has 5 heteroatoms. The number of amides is 1.